The number of benzene rings is 3. The van der Waals surface area contributed by atoms with Crippen molar-refractivity contribution in [2.45, 2.75) is 70.6 Å². The normalized spacial score (nSPS) is 15.7. The average molecular weight is 621 g/mol. The molecule has 7 rings (SSSR count). The first-order valence-electron chi connectivity index (χ1n) is 14.0. The second-order valence-electron chi connectivity index (χ2n) is 10.8. The van der Waals surface area contributed by atoms with Gasteiger partial charge in [0.1, 0.15) is 0 Å². The van der Waals surface area contributed by atoms with Crippen LogP contribution in [0.4, 0.5) is 0 Å². The van der Waals surface area contributed by atoms with E-state index in [0.29, 0.717) is 0 Å². The van der Waals surface area contributed by atoms with Gasteiger partial charge in [-0.2, -0.15) is 18.2 Å². The van der Waals surface area contributed by atoms with E-state index in [0.717, 1.165) is 18.3 Å². The Morgan fingerprint density at radius 1 is 0.737 bits per heavy atom. The Balaban J connectivity index is 0.000000173. The Morgan fingerprint density at radius 2 is 1.37 bits per heavy atom. The van der Waals surface area contributed by atoms with E-state index in [9.17, 15) is 0 Å². The van der Waals surface area contributed by atoms with Crippen LogP contribution in [-0.2, 0) is 30.7 Å². The summed E-state index contributed by atoms with van der Waals surface area (Å²) in [5, 5.41) is 2.57. The van der Waals surface area contributed by atoms with E-state index in [4.69, 9.17) is 0 Å². The molecule has 4 aromatic rings. The number of hydrogen-bond acceptors (Lipinski definition) is 0. The number of halogens is 2. The van der Waals surface area contributed by atoms with E-state index in [2.05, 4.69) is 54.6 Å². The second kappa shape index (κ2) is 16.0. The molecule has 0 N–H and O–H groups in total. The Labute approximate surface area is 257 Å². The van der Waals surface area contributed by atoms with Crippen molar-refractivity contribution in [3.63, 3.8) is 0 Å². The van der Waals surface area contributed by atoms with Gasteiger partial charge in [-0.15, -0.1) is 40.6 Å². The quantitative estimate of drug-likeness (QED) is 0.270. The molecule has 3 aliphatic carbocycles. The predicted octanol–water partition coefficient (Wildman–Crippen LogP) is 3.49. The summed E-state index contributed by atoms with van der Waals surface area (Å²) in [6.07, 6.45) is 16.2. The van der Waals surface area contributed by atoms with Crippen molar-refractivity contribution in [3.05, 3.63) is 102 Å². The molecule has 2 fully saturated rings. The first kappa shape index (κ1) is 31.1. The van der Waals surface area contributed by atoms with Crippen LogP contribution in [0, 0.1) is 17.9 Å². The zero-order valence-corrected chi connectivity index (χ0v) is 26.2. The third-order valence-corrected chi connectivity index (χ3v) is 9.20. The predicted molar refractivity (Wildman–Crippen MR) is 151 cm³/mol. The molecule has 4 aromatic carbocycles. The number of hydrogen-bond donors (Lipinski definition) is 0. The maximum atomic E-state index is 3.39. The molecular formula is C35H38Cl2Zr-2. The molecule has 0 nitrogen and oxygen atoms in total. The molecule has 0 bridgehead atoms. The first-order valence-corrected chi connectivity index (χ1v) is 15.2. The van der Waals surface area contributed by atoms with Gasteiger partial charge in [-0.05, 0) is 17.5 Å². The molecule has 2 saturated carbocycles. The minimum atomic E-state index is 0. The van der Waals surface area contributed by atoms with Crippen LogP contribution in [0.15, 0.2) is 84.9 Å². The molecule has 0 unspecified atom stereocenters. The Hall–Kier alpha value is -1.40. The zero-order chi connectivity index (χ0) is 24.6. The van der Waals surface area contributed by atoms with Gasteiger partial charge in [-0.25, -0.2) is 12.1 Å². The van der Waals surface area contributed by atoms with Gasteiger partial charge in [0, 0.05) is 0 Å². The van der Waals surface area contributed by atoms with Crippen molar-refractivity contribution in [2.24, 2.45) is 11.8 Å². The monoisotopic (exact) mass is 618 g/mol. The van der Waals surface area contributed by atoms with Crippen LogP contribution in [0.5, 0.6) is 0 Å². The van der Waals surface area contributed by atoms with E-state index in [1.54, 1.807) is 24.2 Å². The smallest absolute Gasteiger partial charge is 0.0246 e. The third kappa shape index (κ3) is 8.30. The fourth-order valence-corrected chi connectivity index (χ4v) is 7.77. The summed E-state index contributed by atoms with van der Waals surface area (Å²) in [4.78, 5) is 0. The Kier molecular flexibility index (Phi) is 13.1. The van der Waals surface area contributed by atoms with Gasteiger partial charge in [0.15, 0.2) is 0 Å². The summed E-state index contributed by atoms with van der Waals surface area (Å²) >= 11 is 1.74. The molecule has 0 saturated heterocycles. The fourth-order valence-electron chi connectivity index (χ4n) is 6.35. The van der Waals surface area contributed by atoms with Crippen LogP contribution >= 0.6 is 0 Å². The number of rotatable bonds is 4. The molecule has 3 aliphatic rings. The molecular weight excluding hydrogens is 583 g/mol. The fraction of sp³-hybridized carbons (Fsp3) is 0.371. The van der Waals surface area contributed by atoms with E-state index >= 15 is 0 Å². The molecule has 0 spiro atoms. The van der Waals surface area contributed by atoms with Gasteiger partial charge in [-0.1, -0.05) is 42.0 Å². The van der Waals surface area contributed by atoms with Crippen molar-refractivity contribution >= 4 is 14.0 Å². The van der Waals surface area contributed by atoms with Crippen molar-refractivity contribution in [2.75, 3.05) is 0 Å². The molecule has 38 heavy (non-hydrogen) atoms. The Morgan fingerprint density at radius 3 is 1.97 bits per heavy atom. The molecule has 0 heterocycles. The largest absolute Gasteiger partial charge is 0.214 e. The summed E-state index contributed by atoms with van der Waals surface area (Å²) in [6.45, 7) is 0. The van der Waals surface area contributed by atoms with Crippen molar-refractivity contribution in [1.82, 2.24) is 0 Å². The van der Waals surface area contributed by atoms with Gasteiger partial charge >= 0.3 is 103 Å². The van der Waals surface area contributed by atoms with Crippen LogP contribution in [-0.4, -0.2) is 3.21 Å². The van der Waals surface area contributed by atoms with Crippen LogP contribution in [0.25, 0.3) is 21.9 Å². The topological polar surface area (TPSA) is 0 Å². The van der Waals surface area contributed by atoms with Crippen LogP contribution in [0.1, 0.15) is 75.3 Å². The maximum absolute atomic E-state index is 3.39. The summed E-state index contributed by atoms with van der Waals surface area (Å²) < 4.78 is 1.90. The maximum Gasteiger partial charge on any atom is -0.0246 e. The summed E-state index contributed by atoms with van der Waals surface area (Å²) in [5.41, 5.74) is 5.65. The van der Waals surface area contributed by atoms with Gasteiger partial charge < -0.3 is 24.8 Å². The Bertz CT molecular complexity index is 1210. The zero-order valence-electron chi connectivity index (χ0n) is 22.3. The van der Waals surface area contributed by atoms with Gasteiger partial charge in [-0.3, -0.25) is 0 Å². The molecule has 0 atom stereocenters. The molecule has 198 valence electrons. The summed E-state index contributed by atoms with van der Waals surface area (Å²) in [5.74, 6) is 2.18. The van der Waals surface area contributed by atoms with Crippen LogP contribution in [0.3, 0.4) is 0 Å². The van der Waals surface area contributed by atoms with Gasteiger partial charge in [0.2, 0.25) is 0 Å². The molecule has 0 amide bonds. The minimum absolute atomic E-state index is 0. The van der Waals surface area contributed by atoms with Crippen LogP contribution in [0.2, 0.25) is 0 Å². The second-order valence-corrected chi connectivity index (χ2v) is 12.6. The van der Waals surface area contributed by atoms with Gasteiger partial charge in [0.05, 0.1) is 0 Å². The third-order valence-electron chi connectivity index (χ3n) is 8.19. The van der Waals surface area contributed by atoms with Crippen LogP contribution < -0.4 is 24.8 Å². The molecule has 0 aliphatic heterocycles. The van der Waals surface area contributed by atoms with E-state index in [-0.39, 0.29) is 24.8 Å². The van der Waals surface area contributed by atoms with E-state index < -0.39 is 0 Å². The summed E-state index contributed by atoms with van der Waals surface area (Å²) in [6, 6.07) is 32.7. The SMILES string of the molecule is [Cl-].[Cl-].[Zr+2]=[C](CC1CCCC1)CC1CCCC1.[c-]1cccc2ccc3c(c12)Cc1ccccc1-3.c1cc[cH-]c1. The van der Waals surface area contributed by atoms with E-state index in [1.165, 1.54) is 97.2 Å². The number of fused-ring (bicyclic) bond motifs is 5. The first-order chi connectivity index (χ1) is 17.8. The molecule has 0 aromatic heterocycles. The molecule has 3 heteroatoms. The van der Waals surface area contributed by atoms with Crippen molar-refractivity contribution in [1.29, 1.82) is 0 Å². The van der Waals surface area contributed by atoms with Gasteiger partial charge in [0.25, 0.3) is 0 Å². The van der Waals surface area contributed by atoms with Crippen molar-refractivity contribution < 1.29 is 49.0 Å². The summed E-state index contributed by atoms with van der Waals surface area (Å²) in [7, 11) is 0. The van der Waals surface area contributed by atoms with Crippen molar-refractivity contribution in [3.8, 4) is 11.1 Å². The standard InChI is InChI=1S/C17H11.C13H22.C5H5.2ClH.Zr/c1-3-7-14-12(5-1)9-10-16-15-8-4-2-6-13(15)11-17(14)16;1-2-7-12(6-1)10-5-11-13-8-3-4-9-13;1-2-4-5-3-1;;;/h1-6,8-10H,11H2;12-13H,1-4,6-11H2;1-5H;2*1H;/q-1;;-1;;;+2/p-2. The average Bonchev–Trinajstić information content (AvgIpc) is 3.73. The van der Waals surface area contributed by atoms with E-state index in [1.807, 2.05) is 39.6 Å². The molecule has 0 radical (unpaired) electrons. The minimum Gasteiger partial charge on any atom is -0.214 e.